The van der Waals surface area contributed by atoms with Gasteiger partial charge in [0.05, 0.1) is 0 Å². The van der Waals surface area contributed by atoms with E-state index in [9.17, 15) is 0 Å². The minimum atomic E-state index is 0. The van der Waals surface area contributed by atoms with Gasteiger partial charge in [0, 0.05) is 11.4 Å². The molecule has 0 radical (unpaired) electrons. The molecule has 1 aromatic heterocycles. The molecule has 10 heavy (non-hydrogen) atoms. The van der Waals surface area contributed by atoms with E-state index in [1.165, 1.54) is 0 Å². The van der Waals surface area contributed by atoms with Crippen LogP contribution in [0.15, 0.2) is 6.07 Å². The number of nitrogen functional groups attached to an aromatic ring is 1. The van der Waals surface area contributed by atoms with Crippen LogP contribution in [0.4, 0.5) is 5.95 Å². The zero-order valence-electron chi connectivity index (χ0n) is 5.96. The van der Waals surface area contributed by atoms with Crippen LogP contribution in [0.25, 0.3) is 0 Å². The molecule has 0 aliphatic rings. The number of anilines is 1. The van der Waals surface area contributed by atoms with E-state index in [0.29, 0.717) is 5.95 Å². The summed E-state index contributed by atoms with van der Waals surface area (Å²) in [4.78, 5) is 7.80. The Hall–Kier alpha value is -0.830. The highest BCUT2D eigenvalue weighted by Gasteiger charge is 1.90. The third-order valence-electron chi connectivity index (χ3n) is 1.000. The minimum Gasteiger partial charge on any atom is -0.368 e. The first-order chi connectivity index (χ1) is 4.18. The molecule has 0 saturated carbocycles. The number of hydrogen-bond donors (Lipinski definition) is 1. The molecule has 2 N–H and O–H groups in total. The summed E-state index contributed by atoms with van der Waals surface area (Å²) in [6.07, 6.45) is 0. The third kappa shape index (κ3) is 2.19. The SMILES string of the molecule is Cc1cc(C)nc(N)n1.Cl. The lowest BCUT2D eigenvalue weighted by Crippen LogP contribution is -1.97. The molecule has 3 nitrogen and oxygen atoms in total. The molecule has 0 amide bonds. The Balaban J connectivity index is 0.000000810. The normalized spacial score (nSPS) is 8.60. The van der Waals surface area contributed by atoms with Gasteiger partial charge in [0.1, 0.15) is 0 Å². The van der Waals surface area contributed by atoms with Crippen LogP contribution in [0.5, 0.6) is 0 Å². The van der Waals surface area contributed by atoms with Crippen molar-refractivity contribution < 1.29 is 0 Å². The van der Waals surface area contributed by atoms with Gasteiger partial charge >= 0.3 is 0 Å². The van der Waals surface area contributed by atoms with Crippen molar-refractivity contribution in [2.45, 2.75) is 13.8 Å². The highest BCUT2D eigenvalue weighted by atomic mass is 35.5. The lowest BCUT2D eigenvalue weighted by Gasteiger charge is -1.94. The monoisotopic (exact) mass is 159 g/mol. The van der Waals surface area contributed by atoms with Crippen LogP contribution >= 0.6 is 12.4 Å². The van der Waals surface area contributed by atoms with E-state index in [-0.39, 0.29) is 12.4 Å². The van der Waals surface area contributed by atoms with Gasteiger partial charge in [-0.05, 0) is 19.9 Å². The number of hydrogen-bond acceptors (Lipinski definition) is 3. The van der Waals surface area contributed by atoms with Gasteiger partial charge in [-0.25, -0.2) is 9.97 Å². The molecule has 0 aliphatic heterocycles. The molecule has 4 heteroatoms. The summed E-state index contributed by atoms with van der Waals surface area (Å²) < 4.78 is 0. The Labute approximate surface area is 66.1 Å². The van der Waals surface area contributed by atoms with Crippen LogP contribution in [0.3, 0.4) is 0 Å². The van der Waals surface area contributed by atoms with E-state index >= 15 is 0 Å². The van der Waals surface area contributed by atoms with Gasteiger partial charge < -0.3 is 5.73 Å². The summed E-state index contributed by atoms with van der Waals surface area (Å²) >= 11 is 0. The fourth-order valence-corrected chi connectivity index (χ4v) is 0.753. The number of aryl methyl sites for hydroxylation is 2. The molecular weight excluding hydrogens is 150 g/mol. The average molecular weight is 160 g/mol. The summed E-state index contributed by atoms with van der Waals surface area (Å²) in [5.41, 5.74) is 7.17. The lowest BCUT2D eigenvalue weighted by molar-refractivity contribution is 1.07. The van der Waals surface area contributed by atoms with Gasteiger partial charge in [-0.1, -0.05) is 0 Å². The van der Waals surface area contributed by atoms with E-state index < -0.39 is 0 Å². The van der Waals surface area contributed by atoms with Crippen LogP contribution in [0.1, 0.15) is 11.4 Å². The maximum atomic E-state index is 5.34. The fourth-order valence-electron chi connectivity index (χ4n) is 0.753. The van der Waals surface area contributed by atoms with Crippen molar-refractivity contribution in [1.82, 2.24) is 9.97 Å². The van der Waals surface area contributed by atoms with Gasteiger partial charge in [-0.2, -0.15) is 0 Å². The number of aromatic nitrogens is 2. The summed E-state index contributed by atoms with van der Waals surface area (Å²) in [6.45, 7) is 3.79. The molecule has 1 aromatic rings. The maximum absolute atomic E-state index is 5.34. The number of rotatable bonds is 0. The van der Waals surface area contributed by atoms with E-state index in [2.05, 4.69) is 9.97 Å². The van der Waals surface area contributed by atoms with Crippen LogP contribution in [0.2, 0.25) is 0 Å². The predicted octanol–water partition coefficient (Wildman–Crippen LogP) is 1.10. The molecule has 1 rings (SSSR count). The molecule has 0 fully saturated rings. The first kappa shape index (κ1) is 9.17. The average Bonchev–Trinajstić information content (AvgIpc) is 1.59. The summed E-state index contributed by atoms with van der Waals surface area (Å²) in [5.74, 6) is 0.354. The van der Waals surface area contributed by atoms with Crippen molar-refractivity contribution >= 4 is 18.4 Å². The molecule has 0 saturated heterocycles. The molecule has 56 valence electrons. The Morgan fingerprint density at radius 3 is 1.90 bits per heavy atom. The first-order valence-electron chi connectivity index (χ1n) is 2.76. The standard InChI is InChI=1S/C6H9N3.ClH/c1-4-3-5(2)9-6(7)8-4;/h3H,1-2H3,(H2,7,8,9);1H. The van der Waals surface area contributed by atoms with Crippen LogP contribution in [0, 0.1) is 13.8 Å². The van der Waals surface area contributed by atoms with Crippen molar-refractivity contribution in [3.05, 3.63) is 17.5 Å². The lowest BCUT2D eigenvalue weighted by atomic mass is 10.4. The fraction of sp³-hybridized carbons (Fsp3) is 0.333. The second-order valence-corrected chi connectivity index (χ2v) is 2.01. The molecule has 1 heterocycles. The molecule has 0 atom stereocenters. The summed E-state index contributed by atoms with van der Waals surface area (Å²) in [6, 6.07) is 1.89. The Morgan fingerprint density at radius 1 is 1.20 bits per heavy atom. The van der Waals surface area contributed by atoms with Crippen molar-refractivity contribution in [2.24, 2.45) is 0 Å². The van der Waals surface area contributed by atoms with E-state index in [1.807, 2.05) is 19.9 Å². The Morgan fingerprint density at radius 2 is 1.60 bits per heavy atom. The second kappa shape index (κ2) is 3.37. The van der Waals surface area contributed by atoms with Crippen LogP contribution in [-0.2, 0) is 0 Å². The van der Waals surface area contributed by atoms with E-state index in [4.69, 9.17) is 5.73 Å². The maximum Gasteiger partial charge on any atom is 0.220 e. The van der Waals surface area contributed by atoms with Crippen molar-refractivity contribution in [1.29, 1.82) is 0 Å². The van der Waals surface area contributed by atoms with E-state index in [0.717, 1.165) is 11.4 Å². The predicted molar refractivity (Wildman–Crippen MR) is 43.2 cm³/mol. The molecular formula is C6H10ClN3. The van der Waals surface area contributed by atoms with Gasteiger partial charge in [-0.3, -0.25) is 0 Å². The van der Waals surface area contributed by atoms with Crippen molar-refractivity contribution in [3.63, 3.8) is 0 Å². The second-order valence-electron chi connectivity index (χ2n) is 2.01. The topological polar surface area (TPSA) is 51.8 Å². The number of nitrogens with zero attached hydrogens (tertiary/aromatic N) is 2. The molecule has 0 aromatic carbocycles. The van der Waals surface area contributed by atoms with Gasteiger partial charge in [-0.15, -0.1) is 12.4 Å². The van der Waals surface area contributed by atoms with Crippen LogP contribution in [-0.4, -0.2) is 9.97 Å². The first-order valence-corrected chi connectivity index (χ1v) is 2.76. The zero-order chi connectivity index (χ0) is 6.85. The molecule has 0 spiro atoms. The molecule has 0 unspecified atom stereocenters. The number of nitrogens with two attached hydrogens (primary N) is 1. The van der Waals surface area contributed by atoms with Gasteiger partial charge in [0.25, 0.3) is 0 Å². The molecule has 0 aliphatic carbocycles. The smallest absolute Gasteiger partial charge is 0.220 e. The largest absolute Gasteiger partial charge is 0.368 e. The third-order valence-corrected chi connectivity index (χ3v) is 1.000. The Bertz CT molecular complexity index is 174. The minimum absolute atomic E-state index is 0. The highest BCUT2D eigenvalue weighted by Crippen LogP contribution is 1.98. The zero-order valence-corrected chi connectivity index (χ0v) is 6.77. The number of halogens is 1. The van der Waals surface area contributed by atoms with Gasteiger partial charge in [0.15, 0.2) is 0 Å². The van der Waals surface area contributed by atoms with Crippen molar-refractivity contribution in [3.8, 4) is 0 Å². The Kier molecular flexibility index (Phi) is 3.09. The summed E-state index contributed by atoms with van der Waals surface area (Å²) in [7, 11) is 0. The van der Waals surface area contributed by atoms with E-state index in [1.54, 1.807) is 0 Å². The van der Waals surface area contributed by atoms with Crippen molar-refractivity contribution in [2.75, 3.05) is 5.73 Å². The molecule has 0 bridgehead atoms. The highest BCUT2D eigenvalue weighted by molar-refractivity contribution is 5.85. The summed E-state index contributed by atoms with van der Waals surface area (Å²) in [5, 5.41) is 0. The van der Waals surface area contributed by atoms with Crippen LogP contribution < -0.4 is 5.73 Å². The van der Waals surface area contributed by atoms with Gasteiger partial charge in [0.2, 0.25) is 5.95 Å². The quantitative estimate of drug-likeness (QED) is 0.617.